The van der Waals surface area contributed by atoms with Crippen LogP contribution in [-0.4, -0.2) is 6.54 Å². The van der Waals surface area contributed by atoms with Crippen molar-refractivity contribution >= 4 is 27.5 Å². The number of hydrogen-bond donors (Lipinski definition) is 1. The van der Waals surface area contributed by atoms with Crippen LogP contribution in [0, 0.1) is 17.5 Å². The molecule has 0 aliphatic heterocycles. The summed E-state index contributed by atoms with van der Waals surface area (Å²) in [4.78, 5) is 0. The maximum Gasteiger partial charge on any atom is 0.131 e. The van der Waals surface area contributed by atoms with Gasteiger partial charge in [0.15, 0.2) is 0 Å². The molecule has 1 N–H and O–H groups in total. The molecule has 0 aliphatic rings. The highest BCUT2D eigenvalue weighted by Crippen LogP contribution is 2.33. The third-order valence-electron chi connectivity index (χ3n) is 3.05. The fourth-order valence-corrected chi connectivity index (χ4v) is 2.60. The lowest BCUT2D eigenvalue weighted by Crippen LogP contribution is -2.25. The molecule has 0 fully saturated rings. The van der Waals surface area contributed by atoms with Crippen LogP contribution in [0.1, 0.15) is 24.1 Å². The second kappa shape index (κ2) is 6.81. The van der Waals surface area contributed by atoms with Gasteiger partial charge in [-0.05, 0) is 46.7 Å². The van der Waals surface area contributed by atoms with Crippen molar-refractivity contribution in [2.75, 3.05) is 6.54 Å². The Hall–Kier alpha value is -1.04. The van der Waals surface area contributed by atoms with Gasteiger partial charge in [-0.1, -0.05) is 24.6 Å². The van der Waals surface area contributed by atoms with E-state index in [1.807, 2.05) is 0 Å². The fraction of sp³-hybridized carbons (Fsp3) is 0.200. The SMILES string of the molecule is CCNC(c1cc(Cl)c(Br)cc1F)c1c(F)cccc1F. The van der Waals surface area contributed by atoms with E-state index >= 15 is 0 Å². The molecule has 0 heterocycles. The molecule has 2 aromatic rings. The minimum atomic E-state index is -0.957. The molecule has 0 bridgehead atoms. The van der Waals surface area contributed by atoms with Gasteiger partial charge in [0.1, 0.15) is 17.5 Å². The van der Waals surface area contributed by atoms with Crippen molar-refractivity contribution in [2.24, 2.45) is 0 Å². The first kappa shape index (κ1) is 16.3. The van der Waals surface area contributed by atoms with E-state index in [1.54, 1.807) is 6.92 Å². The zero-order valence-electron chi connectivity index (χ0n) is 11.1. The molecule has 21 heavy (non-hydrogen) atoms. The van der Waals surface area contributed by atoms with Gasteiger partial charge >= 0.3 is 0 Å². The Morgan fingerprint density at radius 1 is 1.14 bits per heavy atom. The first-order valence-electron chi connectivity index (χ1n) is 6.27. The van der Waals surface area contributed by atoms with Gasteiger partial charge in [-0.2, -0.15) is 0 Å². The molecule has 0 radical (unpaired) electrons. The summed E-state index contributed by atoms with van der Waals surface area (Å²) in [5.41, 5.74) is -0.134. The van der Waals surface area contributed by atoms with Crippen molar-refractivity contribution in [3.05, 3.63) is 68.4 Å². The first-order valence-corrected chi connectivity index (χ1v) is 7.44. The van der Waals surface area contributed by atoms with Crippen molar-refractivity contribution in [2.45, 2.75) is 13.0 Å². The molecule has 2 aromatic carbocycles. The average Bonchev–Trinajstić information content (AvgIpc) is 2.42. The average molecular weight is 379 g/mol. The zero-order chi connectivity index (χ0) is 15.6. The van der Waals surface area contributed by atoms with E-state index in [1.165, 1.54) is 18.2 Å². The lowest BCUT2D eigenvalue weighted by atomic mass is 9.97. The number of halogens is 5. The van der Waals surface area contributed by atoms with E-state index in [9.17, 15) is 13.2 Å². The molecule has 0 spiro atoms. The van der Waals surface area contributed by atoms with Crippen LogP contribution in [0.2, 0.25) is 5.02 Å². The van der Waals surface area contributed by atoms with Gasteiger partial charge in [0.05, 0.1) is 11.1 Å². The second-order valence-electron chi connectivity index (χ2n) is 4.41. The van der Waals surface area contributed by atoms with Crippen LogP contribution in [-0.2, 0) is 0 Å². The highest BCUT2D eigenvalue weighted by Gasteiger charge is 2.24. The molecule has 0 saturated heterocycles. The zero-order valence-corrected chi connectivity index (χ0v) is 13.4. The van der Waals surface area contributed by atoms with Crippen molar-refractivity contribution in [3.63, 3.8) is 0 Å². The summed E-state index contributed by atoms with van der Waals surface area (Å²) >= 11 is 9.08. The third kappa shape index (κ3) is 3.42. The van der Waals surface area contributed by atoms with Gasteiger partial charge in [0.2, 0.25) is 0 Å². The molecule has 6 heteroatoms. The number of nitrogens with one attached hydrogen (secondary N) is 1. The molecule has 0 aliphatic carbocycles. The summed E-state index contributed by atoms with van der Waals surface area (Å²) in [5, 5.41) is 3.16. The summed E-state index contributed by atoms with van der Waals surface area (Å²) < 4.78 is 42.5. The lowest BCUT2D eigenvalue weighted by molar-refractivity contribution is 0.495. The molecule has 0 saturated carbocycles. The van der Waals surface area contributed by atoms with Crippen LogP contribution in [0.15, 0.2) is 34.8 Å². The largest absolute Gasteiger partial charge is 0.306 e. The Morgan fingerprint density at radius 3 is 2.33 bits per heavy atom. The van der Waals surface area contributed by atoms with E-state index < -0.39 is 23.5 Å². The van der Waals surface area contributed by atoms with E-state index in [0.717, 1.165) is 12.1 Å². The van der Waals surface area contributed by atoms with Gasteiger partial charge in [-0.25, -0.2) is 13.2 Å². The molecule has 2 rings (SSSR count). The van der Waals surface area contributed by atoms with E-state index in [-0.39, 0.29) is 16.1 Å². The first-order chi connectivity index (χ1) is 9.95. The monoisotopic (exact) mass is 377 g/mol. The van der Waals surface area contributed by atoms with Crippen LogP contribution in [0.5, 0.6) is 0 Å². The molecule has 112 valence electrons. The third-order valence-corrected chi connectivity index (χ3v) is 4.24. The highest BCUT2D eigenvalue weighted by molar-refractivity contribution is 9.10. The summed E-state index contributed by atoms with van der Waals surface area (Å²) in [6.45, 7) is 2.18. The number of hydrogen-bond acceptors (Lipinski definition) is 1. The van der Waals surface area contributed by atoms with Gasteiger partial charge in [0.25, 0.3) is 0 Å². The number of benzene rings is 2. The molecule has 0 aromatic heterocycles. The Labute approximate surface area is 134 Å². The van der Waals surface area contributed by atoms with Crippen molar-refractivity contribution in [1.29, 1.82) is 0 Å². The summed E-state index contributed by atoms with van der Waals surface area (Å²) in [6.07, 6.45) is 0. The topological polar surface area (TPSA) is 12.0 Å². The molecule has 1 nitrogen and oxygen atoms in total. The highest BCUT2D eigenvalue weighted by atomic mass is 79.9. The standard InChI is InChI=1S/C15H12BrClF3N/c1-2-21-15(14-11(18)4-3-5-12(14)19)8-6-10(17)9(16)7-13(8)20/h3-7,15,21H,2H2,1H3. The Kier molecular flexibility index (Phi) is 5.30. The molecule has 1 unspecified atom stereocenters. The number of rotatable bonds is 4. The van der Waals surface area contributed by atoms with Crippen LogP contribution in [0.25, 0.3) is 0 Å². The van der Waals surface area contributed by atoms with E-state index in [0.29, 0.717) is 11.0 Å². The van der Waals surface area contributed by atoms with Crippen molar-refractivity contribution < 1.29 is 13.2 Å². The summed E-state index contributed by atoms with van der Waals surface area (Å²) in [5.74, 6) is -2.07. The lowest BCUT2D eigenvalue weighted by Gasteiger charge is -2.21. The van der Waals surface area contributed by atoms with Gasteiger partial charge < -0.3 is 5.32 Å². The van der Waals surface area contributed by atoms with Crippen molar-refractivity contribution in [3.8, 4) is 0 Å². The van der Waals surface area contributed by atoms with E-state index in [2.05, 4.69) is 21.2 Å². The molecule has 1 atom stereocenters. The van der Waals surface area contributed by atoms with Crippen LogP contribution in [0.3, 0.4) is 0 Å². The van der Waals surface area contributed by atoms with E-state index in [4.69, 9.17) is 11.6 Å². The quantitative estimate of drug-likeness (QED) is 0.719. The second-order valence-corrected chi connectivity index (χ2v) is 5.68. The maximum atomic E-state index is 14.2. The Morgan fingerprint density at radius 2 is 1.76 bits per heavy atom. The minimum Gasteiger partial charge on any atom is -0.306 e. The van der Waals surface area contributed by atoms with Crippen molar-refractivity contribution in [1.82, 2.24) is 5.32 Å². The minimum absolute atomic E-state index is 0.0917. The maximum absolute atomic E-state index is 14.2. The van der Waals surface area contributed by atoms with Crippen LogP contribution >= 0.6 is 27.5 Å². The normalized spacial score (nSPS) is 12.5. The molecule has 0 amide bonds. The summed E-state index contributed by atoms with van der Waals surface area (Å²) in [6, 6.07) is 5.13. The van der Waals surface area contributed by atoms with Crippen LogP contribution < -0.4 is 5.32 Å². The predicted molar refractivity (Wildman–Crippen MR) is 81.0 cm³/mol. The summed E-state index contributed by atoms with van der Waals surface area (Å²) in [7, 11) is 0. The van der Waals surface area contributed by atoms with Crippen LogP contribution in [0.4, 0.5) is 13.2 Å². The van der Waals surface area contributed by atoms with Gasteiger partial charge in [-0.3, -0.25) is 0 Å². The molecular weight excluding hydrogens is 367 g/mol. The molecular formula is C15H12BrClF3N. The fourth-order valence-electron chi connectivity index (χ4n) is 2.12. The predicted octanol–water partition coefficient (Wildman–Crippen LogP) is 5.22. The van der Waals surface area contributed by atoms with Gasteiger partial charge in [-0.15, -0.1) is 0 Å². The van der Waals surface area contributed by atoms with Gasteiger partial charge in [0, 0.05) is 15.6 Å². The Bertz CT molecular complexity index is 643. The Balaban J connectivity index is 2.62. The smallest absolute Gasteiger partial charge is 0.131 e.